The summed E-state index contributed by atoms with van der Waals surface area (Å²) in [5.74, 6) is -0.230. The Kier molecular flexibility index (Phi) is 8.45. The number of esters is 1. The van der Waals surface area contributed by atoms with E-state index in [0.29, 0.717) is 6.61 Å². The van der Waals surface area contributed by atoms with Crippen LogP contribution in [0, 0.1) is 0 Å². The lowest BCUT2D eigenvalue weighted by Gasteiger charge is -2.40. The zero-order chi connectivity index (χ0) is 17.4. The fourth-order valence-electron chi connectivity index (χ4n) is 3.56. The second kappa shape index (κ2) is 10.3. The van der Waals surface area contributed by atoms with Crippen molar-refractivity contribution in [1.82, 2.24) is 14.7 Å². The molecule has 0 aromatic rings. The number of carbonyl (C=O) groups excluding carboxylic acids is 1. The number of hydrogen-bond acceptors (Lipinski definition) is 6. The molecule has 2 rings (SSSR count). The molecule has 0 atom stereocenters. The minimum atomic E-state index is -0.230. The summed E-state index contributed by atoms with van der Waals surface area (Å²) in [6.45, 7) is 6.12. The number of nitrogens with zero attached hydrogens (tertiary/aromatic N) is 3. The topological polar surface area (TPSA) is 45.2 Å². The Morgan fingerprint density at radius 1 is 1.08 bits per heavy atom. The van der Waals surface area contributed by atoms with E-state index in [1.165, 1.54) is 25.9 Å². The molecule has 6 heteroatoms. The molecule has 2 heterocycles. The van der Waals surface area contributed by atoms with Crippen LogP contribution in [0.4, 0.5) is 0 Å². The molecule has 2 fully saturated rings. The van der Waals surface area contributed by atoms with Crippen LogP contribution in [0.2, 0.25) is 0 Å². The summed E-state index contributed by atoms with van der Waals surface area (Å²) in [5, 5.41) is 0. The van der Waals surface area contributed by atoms with Crippen molar-refractivity contribution in [2.75, 3.05) is 67.1 Å². The molecule has 0 N–H and O–H groups in total. The largest absolute Gasteiger partial charge is 0.464 e. The van der Waals surface area contributed by atoms with Crippen molar-refractivity contribution >= 4 is 5.97 Å². The molecule has 2 aliphatic rings. The van der Waals surface area contributed by atoms with Gasteiger partial charge >= 0.3 is 5.97 Å². The number of ether oxygens (including phenoxy) is 2. The predicted molar refractivity (Wildman–Crippen MR) is 95.2 cm³/mol. The third kappa shape index (κ3) is 7.05. The number of likely N-dealkylation sites (tertiary alicyclic amines) is 2. The Morgan fingerprint density at radius 2 is 1.75 bits per heavy atom. The Bertz CT molecular complexity index is 363. The molecule has 0 aromatic carbocycles. The van der Waals surface area contributed by atoms with E-state index in [1.54, 1.807) is 0 Å². The molecule has 0 radical (unpaired) electrons. The molecule has 0 saturated carbocycles. The zero-order valence-corrected chi connectivity index (χ0v) is 15.7. The summed E-state index contributed by atoms with van der Waals surface area (Å²) < 4.78 is 11.0. The third-order valence-corrected chi connectivity index (χ3v) is 5.13. The molecule has 0 bridgehead atoms. The number of rotatable bonds is 8. The Hall–Kier alpha value is -0.690. The number of carbonyl (C=O) groups is 1. The minimum absolute atomic E-state index is 0.0981. The fraction of sp³-hybridized carbons (Fsp3) is 0.944. The number of hydrogen-bond donors (Lipinski definition) is 0. The van der Waals surface area contributed by atoms with E-state index in [0.717, 1.165) is 44.9 Å². The summed E-state index contributed by atoms with van der Waals surface area (Å²) in [6, 6.07) is 0.740. The molecule has 6 nitrogen and oxygen atoms in total. The van der Waals surface area contributed by atoms with E-state index in [-0.39, 0.29) is 18.7 Å². The zero-order valence-electron chi connectivity index (χ0n) is 15.7. The van der Waals surface area contributed by atoms with Crippen molar-refractivity contribution in [3.63, 3.8) is 0 Å². The average Bonchev–Trinajstić information content (AvgIpc) is 2.58. The molecule has 0 aliphatic carbocycles. The highest BCUT2D eigenvalue weighted by molar-refractivity contribution is 5.70. The normalized spacial score (nSPS) is 22.2. The van der Waals surface area contributed by atoms with Gasteiger partial charge in [0.2, 0.25) is 0 Å². The second-order valence-electron chi connectivity index (χ2n) is 7.46. The van der Waals surface area contributed by atoms with E-state index in [9.17, 15) is 4.79 Å². The summed E-state index contributed by atoms with van der Waals surface area (Å²) in [4.78, 5) is 18.8. The second-order valence-corrected chi connectivity index (χ2v) is 7.46. The lowest BCUT2D eigenvalue weighted by Crippen LogP contribution is -2.48. The fourth-order valence-corrected chi connectivity index (χ4v) is 3.56. The SMILES string of the molecule is CN(C)CCCOC(=O)COC1CCN(C2CCN(C)CC2)CC1. The maximum Gasteiger partial charge on any atom is 0.332 e. The number of piperidine rings is 2. The molecule has 2 aliphatic heterocycles. The summed E-state index contributed by atoms with van der Waals surface area (Å²) in [6.07, 6.45) is 5.69. The maximum absolute atomic E-state index is 11.7. The first-order valence-corrected chi connectivity index (χ1v) is 9.39. The predicted octanol–water partition coefficient (Wildman–Crippen LogP) is 1.06. The van der Waals surface area contributed by atoms with Crippen LogP contribution in [0.5, 0.6) is 0 Å². The van der Waals surface area contributed by atoms with Gasteiger partial charge in [-0.3, -0.25) is 0 Å². The van der Waals surface area contributed by atoms with Gasteiger partial charge < -0.3 is 24.2 Å². The molecule has 0 aromatic heterocycles. The van der Waals surface area contributed by atoms with Crippen molar-refractivity contribution in [3.8, 4) is 0 Å². The molecule has 0 unspecified atom stereocenters. The van der Waals surface area contributed by atoms with Gasteiger partial charge in [-0.2, -0.15) is 0 Å². The van der Waals surface area contributed by atoms with E-state index in [1.807, 2.05) is 14.1 Å². The highest BCUT2D eigenvalue weighted by atomic mass is 16.6. The van der Waals surface area contributed by atoms with Crippen molar-refractivity contribution < 1.29 is 14.3 Å². The summed E-state index contributed by atoms with van der Waals surface area (Å²) in [5.41, 5.74) is 0. The van der Waals surface area contributed by atoms with Crippen molar-refractivity contribution in [2.24, 2.45) is 0 Å². The van der Waals surface area contributed by atoms with Gasteiger partial charge in [-0.05, 0) is 66.3 Å². The van der Waals surface area contributed by atoms with Gasteiger partial charge in [-0.25, -0.2) is 4.79 Å². The molecule has 140 valence electrons. The lowest BCUT2D eigenvalue weighted by molar-refractivity contribution is -0.152. The highest BCUT2D eigenvalue weighted by Crippen LogP contribution is 2.21. The summed E-state index contributed by atoms with van der Waals surface area (Å²) >= 11 is 0. The van der Waals surface area contributed by atoms with Gasteiger partial charge in [-0.15, -0.1) is 0 Å². The molecular formula is C18H35N3O3. The van der Waals surface area contributed by atoms with Crippen LogP contribution < -0.4 is 0 Å². The van der Waals surface area contributed by atoms with Crippen molar-refractivity contribution in [2.45, 2.75) is 44.2 Å². The van der Waals surface area contributed by atoms with Gasteiger partial charge in [0.1, 0.15) is 6.61 Å². The van der Waals surface area contributed by atoms with Crippen LogP contribution in [0.3, 0.4) is 0 Å². The van der Waals surface area contributed by atoms with Crippen LogP contribution in [0.25, 0.3) is 0 Å². The van der Waals surface area contributed by atoms with Gasteiger partial charge in [-0.1, -0.05) is 0 Å². The third-order valence-electron chi connectivity index (χ3n) is 5.13. The minimum Gasteiger partial charge on any atom is -0.464 e. The molecule has 0 amide bonds. The maximum atomic E-state index is 11.7. The van der Waals surface area contributed by atoms with Crippen LogP contribution in [-0.2, 0) is 14.3 Å². The first kappa shape index (κ1) is 19.6. The smallest absolute Gasteiger partial charge is 0.332 e. The first-order chi connectivity index (χ1) is 11.5. The van der Waals surface area contributed by atoms with Gasteiger partial charge in [0.25, 0.3) is 0 Å². The molecular weight excluding hydrogens is 306 g/mol. The van der Waals surface area contributed by atoms with E-state index in [2.05, 4.69) is 21.7 Å². The van der Waals surface area contributed by atoms with Crippen LogP contribution in [0.15, 0.2) is 0 Å². The average molecular weight is 341 g/mol. The van der Waals surface area contributed by atoms with E-state index < -0.39 is 0 Å². The van der Waals surface area contributed by atoms with Gasteiger partial charge in [0, 0.05) is 25.7 Å². The van der Waals surface area contributed by atoms with Crippen LogP contribution >= 0.6 is 0 Å². The van der Waals surface area contributed by atoms with Crippen molar-refractivity contribution in [1.29, 1.82) is 0 Å². The van der Waals surface area contributed by atoms with Gasteiger partial charge in [0.15, 0.2) is 0 Å². The summed E-state index contributed by atoms with van der Waals surface area (Å²) in [7, 11) is 6.24. The van der Waals surface area contributed by atoms with Crippen LogP contribution in [-0.4, -0.2) is 99.9 Å². The highest BCUT2D eigenvalue weighted by Gasteiger charge is 2.27. The lowest BCUT2D eigenvalue weighted by atomic mass is 9.99. The van der Waals surface area contributed by atoms with Crippen molar-refractivity contribution in [3.05, 3.63) is 0 Å². The standard InChI is InChI=1S/C18H35N3O3/c1-19(2)9-4-14-23-18(22)15-24-17-7-12-21(13-8-17)16-5-10-20(3)11-6-16/h16-17H,4-15H2,1-3H3. The van der Waals surface area contributed by atoms with E-state index in [4.69, 9.17) is 9.47 Å². The molecule has 2 saturated heterocycles. The Morgan fingerprint density at radius 3 is 2.38 bits per heavy atom. The van der Waals surface area contributed by atoms with Crippen LogP contribution in [0.1, 0.15) is 32.1 Å². The van der Waals surface area contributed by atoms with Gasteiger partial charge in [0.05, 0.1) is 12.7 Å². The first-order valence-electron chi connectivity index (χ1n) is 9.39. The monoisotopic (exact) mass is 341 g/mol. The Balaban J connectivity index is 1.54. The Labute approximate surface area is 147 Å². The quantitative estimate of drug-likeness (QED) is 0.486. The van der Waals surface area contributed by atoms with E-state index >= 15 is 0 Å². The molecule has 0 spiro atoms. The molecule has 24 heavy (non-hydrogen) atoms.